The van der Waals surface area contributed by atoms with Crippen LogP contribution in [0.4, 0.5) is 0 Å². The van der Waals surface area contributed by atoms with Gasteiger partial charge in [0.15, 0.2) is 0 Å². The zero-order valence-corrected chi connectivity index (χ0v) is 11.6. The van der Waals surface area contributed by atoms with Crippen LogP contribution in [-0.4, -0.2) is 12.6 Å². The minimum Gasteiger partial charge on any atom is -0.463 e. The first-order valence-electron chi connectivity index (χ1n) is 5.79. The summed E-state index contributed by atoms with van der Waals surface area (Å²) in [6, 6.07) is 6.11. The molecule has 2 rings (SSSR count). The normalized spacial score (nSPS) is 20.4. The van der Waals surface area contributed by atoms with Crippen molar-refractivity contribution in [3.63, 3.8) is 0 Å². The first-order valence-corrected chi connectivity index (χ1v) is 6.59. The van der Waals surface area contributed by atoms with Gasteiger partial charge in [0.2, 0.25) is 0 Å². The number of hydrogen-bond donors (Lipinski definition) is 0. The number of halogens is 1. The summed E-state index contributed by atoms with van der Waals surface area (Å²) in [6.07, 6.45) is 2.52. The topological polar surface area (TPSA) is 26.3 Å². The van der Waals surface area contributed by atoms with Gasteiger partial charge in [-0.2, -0.15) is 0 Å². The third-order valence-electron chi connectivity index (χ3n) is 3.00. The van der Waals surface area contributed by atoms with E-state index in [4.69, 9.17) is 4.74 Å². The van der Waals surface area contributed by atoms with Crippen molar-refractivity contribution >= 4 is 27.5 Å². The van der Waals surface area contributed by atoms with E-state index in [1.54, 1.807) is 6.08 Å². The standard InChI is InChI=1S/C14H15BrO2/c1-3-17-13(16)8-10-7-9(2)14-11(10)5-4-6-12(14)15/h4-6,8-9H,3,7H2,1-2H3/b10-8-. The Morgan fingerprint density at radius 1 is 1.59 bits per heavy atom. The second-order valence-corrected chi connectivity index (χ2v) is 5.08. The summed E-state index contributed by atoms with van der Waals surface area (Å²) in [4.78, 5) is 11.5. The molecule has 0 radical (unpaired) electrons. The number of carbonyl (C=O) groups excluding carboxylic acids is 1. The van der Waals surface area contributed by atoms with Gasteiger partial charge in [-0.05, 0) is 42.0 Å². The molecule has 0 amide bonds. The summed E-state index contributed by atoms with van der Waals surface area (Å²) in [5.74, 6) is 0.198. The number of allylic oxidation sites excluding steroid dienone is 1. The Hall–Kier alpha value is -1.09. The Morgan fingerprint density at radius 3 is 3.06 bits per heavy atom. The van der Waals surface area contributed by atoms with Crippen molar-refractivity contribution in [3.05, 3.63) is 39.9 Å². The van der Waals surface area contributed by atoms with Crippen LogP contribution in [0.1, 0.15) is 37.3 Å². The lowest BCUT2D eigenvalue weighted by atomic mass is 10.0. The molecule has 17 heavy (non-hydrogen) atoms. The lowest BCUT2D eigenvalue weighted by molar-refractivity contribution is -0.137. The summed E-state index contributed by atoms with van der Waals surface area (Å²) in [5, 5.41) is 0. The second kappa shape index (κ2) is 5.05. The first-order chi connectivity index (χ1) is 8.13. The molecule has 1 aliphatic carbocycles. The molecule has 1 unspecified atom stereocenters. The lowest BCUT2D eigenvalue weighted by Gasteiger charge is -2.05. The monoisotopic (exact) mass is 294 g/mol. The number of ether oxygens (including phenoxy) is 1. The van der Waals surface area contributed by atoms with E-state index in [1.165, 1.54) is 11.1 Å². The summed E-state index contributed by atoms with van der Waals surface area (Å²) in [5.41, 5.74) is 3.54. The third kappa shape index (κ3) is 2.44. The highest BCUT2D eigenvalue weighted by molar-refractivity contribution is 9.10. The van der Waals surface area contributed by atoms with Crippen LogP contribution in [0.3, 0.4) is 0 Å². The van der Waals surface area contributed by atoms with Crippen LogP contribution in [0.5, 0.6) is 0 Å². The van der Waals surface area contributed by atoms with E-state index in [-0.39, 0.29) is 5.97 Å². The van der Waals surface area contributed by atoms with Gasteiger partial charge in [0.25, 0.3) is 0 Å². The molecule has 0 aliphatic heterocycles. The quantitative estimate of drug-likeness (QED) is 0.611. The molecule has 0 saturated heterocycles. The van der Waals surface area contributed by atoms with Gasteiger partial charge in [-0.3, -0.25) is 0 Å². The van der Waals surface area contributed by atoms with E-state index in [0.29, 0.717) is 12.5 Å². The van der Waals surface area contributed by atoms with Crippen molar-refractivity contribution in [2.45, 2.75) is 26.2 Å². The van der Waals surface area contributed by atoms with Crippen LogP contribution in [0.2, 0.25) is 0 Å². The van der Waals surface area contributed by atoms with E-state index in [0.717, 1.165) is 16.5 Å². The van der Waals surface area contributed by atoms with Crippen LogP contribution in [-0.2, 0) is 9.53 Å². The summed E-state index contributed by atoms with van der Waals surface area (Å²) < 4.78 is 6.08. The largest absolute Gasteiger partial charge is 0.463 e. The van der Waals surface area contributed by atoms with Crippen molar-refractivity contribution in [2.24, 2.45) is 0 Å². The predicted molar refractivity (Wildman–Crippen MR) is 71.8 cm³/mol. The Labute approximate surface area is 110 Å². The third-order valence-corrected chi connectivity index (χ3v) is 3.69. The zero-order chi connectivity index (χ0) is 12.4. The van der Waals surface area contributed by atoms with Crippen molar-refractivity contribution in [3.8, 4) is 0 Å². The summed E-state index contributed by atoms with van der Waals surface area (Å²) >= 11 is 3.57. The summed E-state index contributed by atoms with van der Waals surface area (Å²) in [6.45, 7) is 4.41. The average molecular weight is 295 g/mol. The molecule has 0 aromatic heterocycles. The molecule has 2 nitrogen and oxygen atoms in total. The minimum atomic E-state index is -0.248. The first kappa shape index (κ1) is 12.4. The van der Waals surface area contributed by atoms with Crippen LogP contribution in [0.15, 0.2) is 28.7 Å². The van der Waals surface area contributed by atoms with Gasteiger partial charge < -0.3 is 4.74 Å². The Morgan fingerprint density at radius 2 is 2.35 bits per heavy atom. The Balaban J connectivity index is 2.37. The van der Waals surface area contributed by atoms with Gasteiger partial charge in [-0.25, -0.2) is 4.79 Å². The highest BCUT2D eigenvalue weighted by Crippen LogP contribution is 2.44. The van der Waals surface area contributed by atoms with Crippen molar-refractivity contribution in [1.82, 2.24) is 0 Å². The van der Waals surface area contributed by atoms with Gasteiger partial charge in [0.1, 0.15) is 0 Å². The second-order valence-electron chi connectivity index (χ2n) is 4.23. The van der Waals surface area contributed by atoms with Gasteiger partial charge >= 0.3 is 5.97 Å². The van der Waals surface area contributed by atoms with Crippen molar-refractivity contribution in [1.29, 1.82) is 0 Å². The molecule has 1 atom stereocenters. The minimum absolute atomic E-state index is 0.248. The molecule has 0 saturated carbocycles. The van der Waals surface area contributed by atoms with Crippen molar-refractivity contribution in [2.75, 3.05) is 6.61 Å². The van der Waals surface area contributed by atoms with E-state index in [1.807, 2.05) is 19.1 Å². The molecule has 1 aliphatic rings. The fourth-order valence-electron chi connectivity index (χ4n) is 2.32. The van der Waals surface area contributed by atoms with Crippen LogP contribution in [0.25, 0.3) is 5.57 Å². The van der Waals surface area contributed by atoms with E-state index in [9.17, 15) is 4.79 Å². The van der Waals surface area contributed by atoms with Gasteiger partial charge in [0.05, 0.1) is 6.61 Å². The van der Waals surface area contributed by atoms with E-state index < -0.39 is 0 Å². The van der Waals surface area contributed by atoms with Crippen LogP contribution in [0, 0.1) is 0 Å². The molecule has 0 heterocycles. The van der Waals surface area contributed by atoms with E-state index in [2.05, 4.69) is 28.9 Å². The lowest BCUT2D eigenvalue weighted by Crippen LogP contribution is -2.00. The zero-order valence-electron chi connectivity index (χ0n) is 10.00. The highest BCUT2D eigenvalue weighted by Gasteiger charge is 2.25. The highest BCUT2D eigenvalue weighted by atomic mass is 79.9. The SMILES string of the molecule is CCOC(=O)/C=C1/CC(C)c2c(Br)cccc21. The number of rotatable bonds is 2. The average Bonchev–Trinajstić information content (AvgIpc) is 2.57. The molecule has 3 heteroatoms. The fourth-order valence-corrected chi connectivity index (χ4v) is 3.08. The number of fused-ring (bicyclic) bond motifs is 1. The molecule has 1 aromatic carbocycles. The number of carbonyl (C=O) groups is 1. The molecule has 0 bridgehead atoms. The molecular weight excluding hydrogens is 280 g/mol. The number of hydrogen-bond acceptors (Lipinski definition) is 2. The molecule has 0 spiro atoms. The number of benzene rings is 1. The van der Waals surface area contributed by atoms with Gasteiger partial charge in [0, 0.05) is 10.5 Å². The molecule has 0 fully saturated rings. The van der Waals surface area contributed by atoms with Gasteiger partial charge in [-0.1, -0.05) is 35.0 Å². The smallest absolute Gasteiger partial charge is 0.331 e. The van der Waals surface area contributed by atoms with Crippen molar-refractivity contribution < 1.29 is 9.53 Å². The maximum absolute atomic E-state index is 11.5. The predicted octanol–water partition coefficient (Wildman–Crippen LogP) is 3.90. The van der Waals surface area contributed by atoms with Crippen LogP contribution >= 0.6 is 15.9 Å². The molecular formula is C14H15BrO2. The molecule has 1 aromatic rings. The number of esters is 1. The molecule has 90 valence electrons. The fraction of sp³-hybridized carbons (Fsp3) is 0.357. The maximum atomic E-state index is 11.5. The van der Waals surface area contributed by atoms with Crippen LogP contribution < -0.4 is 0 Å². The Bertz CT molecular complexity index is 477. The van der Waals surface area contributed by atoms with E-state index >= 15 is 0 Å². The summed E-state index contributed by atoms with van der Waals surface area (Å²) in [7, 11) is 0. The van der Waals surface area contributed by atoms with Gasteiger partial charge in [-0.15, -0.1) is 0 Å². The Kier molecular flexibility index (Phi) is 3.67. The molecule has 0 N–H and O–H groups in total. The maximum Gasteiger partial charge on any atom is 0.331 e.